The Hall–Kier alpha value is -0.120. The van der Waals surface area contributed by atoms with Crippen LogP contribution in [0, 0.1) is 0 Å². The Bertz CT molecular complexity index is 511. The molecule has 3 heteroatoms. The van der Waals surface area contributed by atoms with Gasteiger partial charge in [-0.2, -0.15) is 0 Å². The molecule has 19 heavy (non-hydrogen) atoms. The van der Waals surface area contributed by atoms with E-state index in [4.69, 9.17) is 0 Å². The van der Waals surface area contributed by atoms with Crippen LogP contribution in [-0.4, -0.2) is 0 Å². The number of thiophene rings is 1. The molecule has 0 saturated carbocycles. The highest BCUT2D eigenvalue weighted by Gasteiger charge is 2.08. The first-order chi connectivity index (χ1) is 9.20. The predicted octanol–water partition coefficient (Wildman–Crippen LogP) is 7.06. The van der Waals surface area contributed by atoms with E-state index in [1.54, 1.807) is 0 Å². The highest BCUT2D eigenvalue weighted by Crippen LogP contribution is 2.34. The second-order valence-electron chi connectivity index (χ2n) is 4.74. The Morgan fingerprint density at radius 3 is 2.42 bits per heavy atom. The summed E-state index contributed by atoms with van der Waals surface area (Å²) in [6.07, 6.45) is 6.49. The van der Waals surface area contributed by atoms with E-state index in [0.717, 1.165) is 8.95 Å². The van der Waals surface area contributed by atoms with Crippen molar-refractivity contribution in [3.8, 4) is 10.4 Å². The Balaban J connectivity index is 2.14. The van der Waals surface area contributed by atoms with Crippen molar-refractivity contribution in [2.24, 2.45) is 0 Å². The first-order valence-electron chi connectivity index (χ1n) is 6.73. The SMILES string of the molecule is CCCCCCc1ccsc1-c1cc(Br)cc(Br)c1. The molecule has 0 N–H and O–H groups in total. The first kappa shape index (κ1) is 15.3. The van der Waals surface area contributed by atoms with Gasteiger partial charge >= 0.3 is 0 Å². The molecule has 2 aromatic rings. The second kappa shape index (κ2) is 7.61. The first-order valence-corrected chi connectivity index (χ1v) is 9.20. The minimum atomic E-state index is 1.13. The summed E-state index contributed by atoms with van der Waals surface area (Å²) < 4.78 is 2.25. The Morgan fingerprint density at radius 2 is 1.74 bits per heavy atom. The topological polar surface area (TPSA) is 0 Å². The van der Waals surface area contributed by atoms with E-state index in [2.05, 4.69) is 68.4 Å². The van der Waals surface area contributed by atoms with Crippen LogP contribution < -0.4 is 0 Å². The number of halogens is 2. The molecule has 2 rings (SSSR count). The Labute approximate surface area is 136 Å². The van der Waals surface area contributed by atoms with Gasteiger partial charge in [0.1, 0.15) is 0 Å². The maximum atomic E-state index is 3.57. The van der Waals surface area contributed by atoms with Crippen LogP contribution in [0.2, 0.25) is 0 Å². The minimum Gasteiger partial charge on any atom is -0.144 e. The number of rotatable bonds is 6. The van der Waals surface area contributed by atoms with Crippen LogP contribution >= 0.6 is 43.2 Å². The van der Waals surface area contributed by atoms with E-state index >= 15 is 0 Å². The highest BCUT2D eigenvalue weighted by atomic mass is 79.9. The van der Waals surface area contributed by atoms with Gasteiger partial charge in [0.25, 0.3) is 0 Å². The molecule has 102 valence electrons. The quantitative estimate of drug-likeness (QED) is 0.454. The zero-order chi connectivity index (χ0) is 13.7. The van der Waals surface area contributed by atoms with Gasteiger partial charge < -0.3 is 0 Å². The van der Waals surface area contributed by atoms with Crippen LogP contribution in [0.4, 0.5) is 0 Å². The lowest BCUT2D eigenvalue weighted by Gasteiger charge is -2.06. The van der Waals surface area contributed by atoms with Crippen molar-refractivity contribution in [1.82, 2.24) is 0 Å². The summed E-state index contributed by atoms with van der Waals surface area (Å²) in [5.74, 6) is 0. The van der Waals surface area contributed by atoms with Crippen molar-refractivity contribution in [1.29, 1.82) is 0 Å². The molecule has 0 atom stereocenters. The van der Waals surface area contributed by atoms with E-state index in [0.29, 0.717) is 0 Å². The van der Waals surface area contributed by atoms with Crippen LogP contribution in [0.15, 0.2) is 38.6 Å². The molecular weight excluding hydrogens is 384 g/mol. The summed E-state index contributed by atoms with van der Waals surface area (Å²) in [7, 11) is 0. The summed E-state index contributed by atoms with van der Waals surface area (Å²) in [6.45, 7) is 2.26. The van der Waals surface area contributed by atoms with Crippen molar-refractivity contribution < 1.29 is 0 Å². The summed E-state index contributed by atoms with van der Waals surface area (Å²) in [5, 5.41) is 2.21. The molecule has 0 radical (unpaired) electrons. The maximum Gasteiger partial charge on any atom is 0.0375 e. The van der Waals surface area contributed by atoms with Gasteiger partial charge in [0.2, 0.25) is 0 Å². The fourth-order valence-corrected chi connectivity index (χ4v) is 4.45. The molecule has 0 aliphatic heterocycles. The van der Waals surface area contributed by atoms with Crippen molar-refractivity contribution in [2.75, 3.05) is 0 Å². The number of hydrogen-bond acceptors (Lipinski definition) is 1. The maximum absolute atomic E-state index is 3.57. The summed E-state index contributed by atoms with van der Waals surface area (Å²) >= 11 is 8.98. The smallest absolute Gasteiger partial charge is 0.0375 e. The summed E-state index contributed by atoms with van der Waals surface area (Å²) in [4.78, 5) is 1.42. The van der Waals surface area contributed by atoms with E-state index in [1.165, 1.54) is 48.1 Å². The van der Waals surface area contributed by atoms with Crippen LogP contribution in [0.5, 0.6) is 0 Å². The van der Waals surface area contributed by atoms with Gasteiger partial charge in [-0.05, 0) is 53.6 Å². The largest absolute Gasteiger partial charge is 0.144 e. The third-order valence-electron chi connectivity index (χ3n) is 3.17. The number of hydrogen-bond donors (Lipinski definition) is 0. The molecule has 0 aliphatic rings. The van der Waals surface area contributed by atoms with Crippen LogP contribution in [-0.2, 0) is 6.42 Å². The Morgan fingerprint density at radius 1 is 1.00 bits per heavy atom. The van der Waals surface area contributed by atoms with Gasteiger partial charge in [0.05, 0.1) is 0 Å². The lowest BCUT2D eigenvalue weighted by atomic mass is 10.0. The predicted molar refractivity (Wildman–Crippen MR) is 93.0 cm³/mol. The molecule has 0 fully saturated rings. The zero-order valence-electron chi connectivity index (χ0n) is 11.1. The fourth-order valence-electron chi connectivity index (χ4n) is 2.21. The molecule has 1 heterocycles. The van der Waals surface area contributed by atoms with Gasteiger partial charge in [0, 0.05) is 13.8 Å². The molecule has 1 aromatic heterocycles. The third-order valence-corrected chi connectivity index (χ3v) is 5.09. The van der Waals surface area contributed by atoms with Gasteiger partial charge in [-0.3, -0.25) is 0 Å². The van der Waals surface area contributed by atoms with Crippen molar-refractivity contribution >= 4 is 43.2 Å². The summed E-state index contributed by atoms with van der Waals surface area (Å²) in [6, 6.07) is 8.76. The molecule has 0 amide bonds. The van der Waals surface area contributed by atoms with Crippen molar-refractivity contribution in [2.45, 2.75) is 39.0 Å². The van der Waals surface area contributed by atoms with E-state index in [9.17, 15) is 0 Å². The molecule has 0 aliphatic carbocycles. The van der Waals surface area contributed by atoms with E-state index in [-0.39, 0.29) is 0 Å². The normalized spacial score (nSPS) is 10.9. The molecule has 0 saturated heterocycles. The third kappa shape index (κ3) is 4.44. The molecule has 1 aromatic carbocycles. The molecular formula is C16H18Br2S. The molecule has 0 unspecified atom stereocenters. The van der Waals surface area contributed by atoms with Gasteiger partial charge in [-0.15, -0.1) is 11.3 Å². The number of unbranched alkanes of at least 4 members (excludes halogenated alkanes) is 3. The Kier molecular flexibility index (Phi) is 6.11. The average molecular weight is 402 g/mol. The number of aryl methyl sites for hydroxylation is 1. The van der Waals surface area contributed by atoms with E-state index < -0.39 is 0 Å². The minimum absolute atomic E-state index is 1.13. The zero-order valence-corrected chi connectivity index (χ0v) is 15.1. The lowest BCUT2D eigenvalue weighted by Crippen LogP contribution is -1.86. The number of benzene rings is 1. The van der Waals surface area contributed by atoms with Crippen LogP contribution in [0.25, 0.3) is 10.4 Å². The van der Waals surface area contributed by atoms with Crippen LogP contribution in [0.1, 0.15) is 38.2 Å². The summed E-state index contributed by atoms with van der Waals surface area (Å²) in [5.41, 5.74) is 2.80. The average Bonchev–Trinajstić information content (AvgIpc) is 2.82. The van der Waals surface area contributed by atoms with Gasteiger partial charge in [0.15, 0.2) is 0 Å². The van der Waals surface area contributed by atoms with E-state index in [1.807, 2.05) is 11.3 Å². The fraction of sp³-hybridized carbons (Fsp3) is 0.375. The highest BCUT2D eigenvalue weighted by molar-refractivity contribution is 9.11. The van der Waals surface area contributed by atoms with Crippen molar-refractivity contribution in [3.63, 3.8) is 0 Å². The van der Waals surface area contributed by atoms with Crippen molar-refractivity contribution in [3.05, 3.63) is 44.2 Å². The van der Waals surface area contributed by atoms with Gasteiger partial charge in [-0.1, -0.05) is 58.0 Å². The monoisotopic (exact) mass is 400 g/mol. The molecule has 0 spiro atoms. The second-order valence-corrected chi connectivity index (χ2v) is 7.49. The molecule has 0 nitrogen and oxygen atoms in total. The lowest BCUT2D eigenvalue weighted by molar-refractivity contribution is 0.668. The standard InChI is InChI=1S/C16H18Br2S/c1-2-3-4-5-6-12-7-8-19-16(12)13-9-14(17)11-15(18)10-13/h7-11H,2-6H2,1H3. The van der Waals surface area contributed by atoms with Crippen LogP contribution in [0.3, 0.4) is 0 Å². The van der Waals surface area contributed by atoms with Gasteiger partial charge in [-0.25, -0.2) is 0 Å². The molecule has 0 bridgehead atoms.